The van der Waals surface area contributed by atoms with E-state index in [1.807, 2.05) is 19.1 Å². The van der Waals surface area contributed by atoms with Crippen molar-refractivity contribution in [1.29, 1.82) is 0 Å². The number of rotatable bonds is 4. The highest BCUT2D eigenvalue weighted by Crippen LogP contribution is 2.19. The van der Waals surface area contributed by atoms with Crippen molar-refractivity contribution in [3.8, 4) is 5.75 Å². The van der Waals surface area contributed by atoms with Crippen molar-refractivity contribution in [1.82, 2.24) is 4.90 Å². The van der Waals surface area contributed by atoms with Crippen LogP contribution in [0.1, 0.15) is 25.8 Å². The van der Waals surface area contributed by atoms with Gasteiger partial charge < -0.3 is 9.84 Å². The molecule has 0 bridgehead atoms. The molecule has 0 radical (unpaired) electrons. The molecular formula is C15H23NO2. The monoisotopic (exact) mass is 249 g/mol. The average molecular weight is 249 g/mol. The van der Waals surface area contributed by atoms with Crippen molar-refractivity contribution in [3.63, 3.8) is 0 Å². The molecule has 3 nitrogen and oxygen atoms in total. The quantitative estimate of drug-likeness (QED) is 0.888. The molecular weight excluding hydrogens is 226 g/mol. The molecule has 0 saturated carbocycles. The Kier molecular flexibility index (Phi) is 4.61. The predicted molar refractivity (Wildman–Crippen MR) is 72.7 cm³/mol. The third-order valence-electron chi connectivity index (χ3n) is 3.58. The maximum atomic E-state index is 9.71. The Morgan fingerprint density at radius 1 is 1.33 bits per heavy atom. The fourth-order valence-corrected chi connectivity index (χ4v) is 2.48. The summed E-state index contributed by atoms with van der Waals surface area (Å²) >= 11 is 0. The Hall–Kier alpha value is -1.06. The van der Waals surface area contributed by atoms with Gasteiger partial charge in [-0.3, -0.25) is 4.90 Å². The normalized spacial score (nSPS) is 25.1. The maximum absolute atomic E-state index is 9.71. The highest BCUT2D eigenvalue weighted by atomic mass is 16.5. The van der Waals surface area contributed by atoms with Gasteiger partial charge in [0.2, 0.25) is 0 Å². The van der Waals surface area contributed by atoms with Gasteiger partial charge in [0.05, 0.1) is 12.7 Å². The number of aliphatic hydroxyl groups is 1. The second-order valence-corrected chi connectivity index (χ2v) is 5.15. The summed E-state index contributed by atoms with van der Waals surface area (Å²) in [5.74, 6) is 1.31. The van der Waals surface area contributed by atoms with Crippen LogP contribution in [0.4, 0.5) is 0 Å². The number of aliphatic hydroxyl groups excluding tert-OH is 1. The summed E-state index contributed by atoms with van der Waals surface area (Å²) in [4.78, 5) is 2.41. The van der Waals surface area contributed by atoms with E-state index < -0.39 is 0 Å². The smallest absolute Gasteiger partial charge is 0.119 e. The number of benzene rings is 1. The van der Waals surface area contributed by atoms with Crippen LogP contribution in [0.15, 0.2) is 24.3 Å². The Bertz CT molecular complexity index is 363. The van der Waals surface area contributed by atoms with Crippen molar-refractivity contribution >= 4 is 0 Å². The molecule has 1 aliphatic rings. The first-order valence-corrected chi connectivity index (χ1v) is 6.81. The van der Waals surface area contributed by atoms with Gasteiger partial charge in [-0.15, -0.1) is 0 Å². The molecule has 1 aromatic rings. The number of likely N-dealkylation sites (tertiary alicyclic amines) is 1. The molecule has 0 amide bonds. The molecule has 2 atom stereocenters. The van der Waals surface area contributed by atoms with Gasteiger partial charge in [0.15, 0.2) is 0 Å². The summed E-state index contributed by atoms with van der Waals surface area (Å²) in [5, 5.41) is 9.71. The lowest BCUT2D eigenvalue weighted by atomic mass is 9.96. The van der Waals surface area contributed by atoms with E-state index in [1.165, 1.54) is 5.56 Å². The minimum absolute atomic E-state index is 0.124. The van der Waals surface area contributed by atoms with Gasteiger partial charge in [-0.25, -0.2) is 0 Å². The standard InChI is InChI=1S/C15H23NO2/c1-3-18-14-6-4-13(5-7-14)11-16-9-8-15(17)12(2)10-16/h4-7,12,15,17H,3,8-11H2,1-2H3. The van der Waals surface area contributed by atoms with E-state index in [2.05, 4.69) is 24.0 Å². The predicted octanol–water partition coefficient (Wildman–Crippen LogP) is 2.29. The van der Waals surface area contributed by atoms with Crippen molar-refractivity contribution in [2.24, 2.45) is 5.92 Å². The molecule has 1 N–H and O–H groups in total. The van der Waals surface area contributed by atoms with Gasteiger partial charge in [0.1, 0.15) is 5.75 Å². The Morgan fingerprint density at radius 2 is 2.06 bits per heavy atom. The van der Waals surface area contributed by atoms with E-state index in [9.17, 15) is 5.11 Å². The van der Waals surface area contributed by atoms with Crippen LogP contribution in [0, 0.1) is 5.92 Å². The summed E-state index contributed by atoms with van der Waals surface area (Å²) < 4.78 is 5.44. The molecule has 100 valence electrons. The second kappa shape index (κ2) is 6.21. The van der Waals surface area contributed by atoms with Gasteiger partial charge in [0, 0.05) is 19.6 Å². The lowest BCUT2D eigenvalue weighted by Crippen LogP contribution is -2.41. The number of ether oxygens (including phenoxy) is 1. The Morgan fingerprint density at radius 3 is 2.67 bits per heavy atom. The van der Waals surface area contributed by atoms with E-state index in [0.29, 0.717) is 12.5 Å². The summed E-state index contributed by atoms with van der Waals surface area (Å²) in [7, 11) is 0. The lowest BCUT2D eigenvalue weighted by Gasteiger charge is -2.34. The molecule has 0 aliphatic carbocycles. The first kappa shape index (κ1) is 13.4. The summed E-state index contributed by atoms with van der Waals surface area (Å²) in [6.07, 6.45) is 0.764. The van der Waals surface area contributed by atoms with Crippen LogP contribution in [-0.2, 0) is 6.54 Å². The van der Waals surface area contributed by atoms with Crippen LogP contribution in [0.5, 0.6) is 5.75 Å². The molecule has 1 aromatic carbocycles. The molecule has 0 aromatic heterocycles. The second-order valence-electron chi connectivity index (χ2n) is 5.15. The van der Waals surface area contributed by atoms with Crippen LogP contribution in [0.2, 0.25) is 0 Å². The van der Waals surface area contributed by atoms with Gasteiger partial charge in [-0.1, -0.05) is 19.1 Å². The number of hydrogen-bond donors (Lipinski definition) is 1. The van der Waals surface area contributed by atoms with E-state index in [1.54, 1.807) is 0 Å². The Labute approximate surface area is 109 Å². The van der Waals surface area contributed by atoms with Crippen molar-refractivity contribution in [3.05, 3.63) is 29.8 Å². The zero-order chi connectivity index (χ0) is 13.0. The maximum Gasteiger partial charge on any atom is 0.119 e. The van der Waals surface area contributed by atoms with Crippen LogP contribution in [0.3, 0.4) is 0 Å². The summed E-state index contributed by atoms with van der Waals surface area (Å²) in [5.41, 5.74) is 1.31. The van der Waals surface area contributed by atoms with Gasteiger partial charge in [0.25, 0.3) is 0 Å². The van der Waals surface area contributed by atoms with Gasteiger partial charge in [-0.2, -0.15) is 0 Å². The molecule has 18 heavy (non-hydrogen) atoms. The lowest BCUT2D eigenvalue weighted by molar-refractivity contribution is 0.0320. The first-order chi connectivity index (χ1) is 8.69. The molecule has 1 saturated heterocycles. The fourth-order valence-electron chi connectivity index (χ4n) is 2.48. The van der Waals surface area contributed by atoms with Crippen LogP contribution in [-0.4, -0.2) is 35.8 Å². The third-order valence-corrected chi connectivity index (χ3v) is 3.58. The number of piperidine rings is 1. The van der Waals surface area contributed by atoms with E-state index in [0.717, 1.165) is 31.8 Å². The topological polar surface area (TPSA) is 32.7 Å². The highest BCUT2D eigenvalue weighted by molar-refractivity contribution is 5.27. The minimum Gasteiger partial charge on any atom is -0.494 e. The third kappa shape index (κ3) is 3.47. The molecule has 1 heterocycles. The van der Waals surface area contributed by atoms with E-state index in [-0.39, 0.29) is 6.10 Å². The minimum atomic E-state index is -0.124. The van der Waals surface area contributed by atoms with Crippen LogP contribution < -0.4 is 4.74 Å². The number of hydrogen-bond acceptors (Lipinski definition) is 3. The molecule has 0 spiro atoms. The molecule has 3 heteroatoms. The van der Waals surface area contributed by atoms with Crippen molar-refractivity contribution < 1.29 is 9.84 Å². The fraction of sp³-hybridized carbons (Fsp3) is 0.600. The summed E-state index contributed by atoms with van der Waals surface area (Å²) in [6.45, 7) is 7.75. The first-order valence-electron chi connectivity index (χ1n) is 6.81. The van der Waals surface area contributed by atoms with Crippen molar-refractivity contribution in [2.75, 3.05) is 19.7 Å². The molecule has 2 unspecified atom stereocenters. The van der Waals surface area contributed by atoms with E-state index in [4.69, 9.17) is 4.74 Å². The zero-order valence-electron chi connectivity index (χ0n) is 11.3. The zero-order valence-corrected chi connectivity index (χ0v) is 11.3. The highest BCUT2D eigenvalue weighted by Gasteiger charge is 2.23. The Balaban J connectivity index is 1.89. The van der Waals surface area contributed by atoms with Gasteiger partial charge >= 0.3 is 0 Å². The van der Waals surface area contributed by atoms with E-state index >= 15 is 0 Å². The molecule has 1 fully saturated rings. The number of nitrogens with zero attached hydrogens (tertiary/aromatic N) is 1. The molecule has 1 aliphatic heterocycles. The summed E-state index contributed by atoms with van der Waals surface area (Å²) in [6, 6.07) is 8.31. The SMILES string of the molecule is CCOc1ccc(CN2CCC(O)C(C)C2)cc1. The average Bonchev–Trinajstić information content (AvgIpc) is 2.37. The molecule has 2 rings (SSSR count). The van der Waals surface area contributed by atoms with Crippen LogP contribution in [0.25, 0.3) is 0 Å². The van der Waals surface area contributed by atoms with Crippen LogP contribution >= 0.6 is 0 Å². The van der Waals surface area contributed by atoms with Gasteiger partial charge in [-0.05, 0) is 37.0 Å². The van der Waals surface area contributed by atoms with Crippen molar-refractivity contribution in [2.45, 2.75) is 32.9 Å². The largest absolute Gasteiger partial charge is 0.494 e.